The van der Waals surface area contributed by atoms with E-state index in [2.05, 4.69) is 10.1 Å². The van der Waals surface area contributed by atoms with Crippen LogP contribution >= 0.6 is 11.3 Å². The third-order valence-corrected chi connectivity index (χ3v) is 5.48. The van der Waals surface area contributed by atoms with Gasteiger partial charge in [-0.25, -0.2) is 4.72 Å². The Morgan fingerprint density at radius 2 is 2.05 bits per heavy atom. The lowest BCUT2D eigenvalue weighted by Gasteiger charge is -2.25. The van der Waals surface area contributed by atoms with E-state index in [9.17, 15) is 8.42 Å². The summed E-state index contributed by atoms with van der Waals surface area (Å²) in [5.41, 5.74) is 1.14. The van der Waals surface area contributed by atoms with Crippen LogP contribution in [-0.2, 0) is 10.2 Å². The maximum atomic E-state index is 12.1. The van der Waals surface area contributed by atoms with Gasteiger partial charge in [0, 0.05) is 26.2 Å². The normalized spacial score (nSPS) is 14.1. The lowest BCUT2D eigenvalue weighted by molar-refractivity contribution is 0.298. The van der Waals surface area contributed by atoms with Gasteiger partial charge in [-0.3, -0.25) is 0 Å². The fraction of sp³-hybridized carbons (Fsp3) is 0.692. The van der Waals surface area contributed by atoms with Gasteiger partial charge in [0.25, 0.3) is 10.2 Å². The van der Waals surface area contributed by atoms with E-state index in [4.69, 9.17) is 0 Å². The molecule has 1 aromatic rings. The van der Waals surface area contributed by atoms with E-state index in [1.165, 1.54) is 4.31 Å². The molecule has 0 bridgehead atoms. The predicted octanol–water partition coefficient (Wildman–Crippen LogP) is 1.92. The second kappa shape index (κ2) is 8.09. The van der Waals surface area contributed by atoms with Gasteiger partial charge < -0.3 is 4.90 Å². The minimum absolute atomic E-state index is 0.0515. The number of thiophene rings is 1. The maximum Gasteiger partial charge on any atom is 0.279 e. The smallest absolute Gasteiger partial charge is 0.279 e. The molecule has 0 saturated heterocycles. The van der Waals surface area contributed by atoms with E-state index in [0.29, 0.717) is 13.1 Å². The summed E-state index contributed by atoms with van der Waals surface area (Å²) in [7, 11) is 2.14. The van der Waals surface area contributed by atoms with Gasteiger partial charge in [-0.1, -0.05) is 13.3 Å². The number of likely N-dealkylation sites (N-methyl/N-ethyl adjacent to an activating group) is 1. The second-order valence-electron chi connectivity index (χ2n) is 5.06. The van der Waals surface area contributed by atoms with Crippen molar-refractivity contribution in [2.24, 2.45) is 0 Å². The molecule has 0 aliphatic heterocycles. The van der Waals surface area contributed by atoms with Crippen LogP contribution in [0.15, 0.2) is 16.8 Å². The first-order valence-electron chi connectivity index (χ1n) is 6.78. The third-order valence-electron chi connectivity index (χ3n) is 3.25. The van der Waals surface area contributed by atoms with E-state index >= 15 is 0 Å². The first-order chi connectivity index (χ1) is 9.38. The molecule has 1 atom stereocenters. The predicted molar refractivity (Wildman–Crippen MR) is 85.2 cm³/mol. The average molecular weight is 319 g/mol. The molecular weight excluding hydrogens is 294 g/mol. The van der Waals surface area contributed by atoms with Gasteiger partial charge in [-0.2, -0.15) is 24.1 Å². The summed E-state index contributed by atoms with van der Waals surface area (Å²) in [6, 6.07) is 2.08. The molecule has 1 N–H and O–H groups in total. The Hall–Kier alpha value is -0.470. The Morgan fingerprint density at radius 1 is 1.35 bits per heavy atom. The van der Waals surface area contributed by atoms with Gasteiger partial charge in [0.05, 0.1) is 0 Å². The molecule has 1 aromatic heterocycles. The largest absolute Gasteiger partial charge is 0.301 e. The van der Waals surface area contributed by atoms with Crippen molar-refractivity contribution >= 4 is 21.5 Å². The number of hydrogen-bond acceptors (Lipinski definition) is 4. The SMILES string of the molecule is CCCCN(C)S(=O)(=O)NC[C@@H](c1ccsc1)N(C)C. The number of hydrogen-bond donors (Lipinski definition) is 1. The zero-order chi connectivity index (χ0) is 15.2. The first-order valence-corrected chi connectivity index (χ1v) is 9.16. The Morgan fingerprint density at radius 3 is 2.55 bits per heavy atom. The molecule has 1 rings (SSSR count). The third kappa shape index (κ3) is 5.14. The zero-order valence-corrected chi connectivity index (χ0v) is 14.3. The Labute approximate surface area is 126 Å². The van der Waals surface area contributed by atoms with Crippen LogP contribution < -0.4 is 4.72 Å². The standard InChI is InChI=1S/C13H25N3O2S2/c1-5-6-8-16(4)20(17,18)14-10-13(15(2)3)12-7-9-19-11-12/h7,9,11,13-14H,5-6,8,10H2,1-4H3/t13-/m0/s1. The van der Waals surface area contributed by atoms with Gasteiger partial charge in [0.1, 0.15) is 0 Å². The molecule has 0 spiro atoms. The number of nitrogens with zero attached hydrogens (tertiary/aromatic N) is 2. The number of rotatable bonds is 9. The van der Waals surface area contributed by atoms with Gasteiger partial charge in [-0.05, 0) is 42.9 Å². The van der Waals surface area contributed by atoms with E-state index in [1.54, 1.807) is 18.4 Å². The van der Waals surface area contributed by atoms with Crippen molar-refractivity contribution in [2.45, 2.75) is 25.8 Å². The van der Waals surface area contributed by atoms with Crippen molar-refractivity contribution in [2.75, 3.05) is 34.2 Å². The fourth-order valence-corrected chi connectivity index (χ4v) is 3.52. The summed E-state index contributed by atoms with van der Waals surface area (Å²) in [4.78, 5) is 2.02. The first kappa shape index (κ1) is 17.6. The molecule has 7 heteroatoms. The van der Waals surface area contributed by atoms with E-state index in [0.717, 1.165) is 18.4 Å². The maximum absolute atomic E-state index is 12.1. The van der Waals surface area contributed by atoms with Gasteiger partial charge >= 0.3 is 0 Å². The molecule has 5 nitrogen and oxygen atoms in total. The monoisotopic (exact) mass is 319 g/mol. The summed E-state index contributed by atoms with van der Waals surface area (Å²) in [6.45, 7) is 2.98. The topological polar surface area (TPSA) is 52.7 Å². The highest BCUT2D eigenvalue weighted by Crippen LogP contribution is 2.20. The summed E-state index contributed by atoms with van der Waals surface area (Å²) in [5, 5.41) is 4.06. The zero-order valence-electron chi connectivity index (χ0n) is 12.7. The van der Waals surface area contributed by atoms with Crippen LogP contribution in [-0.4, -0.2) is 51.9 Å². The Bertz CT molecular complexity index is 472. The van der Waals surface area contributed by atoms with Crippen LogP contribution in [0, 0.1) is 0 Å². The number of nitrogens with one attached hydrogen (secondary N) is 1. The summed E-state index contributed by atoms with van der Waals surface area (Å²) >= 11 is 1.62. The Kier molecular flexibility index (Phi) is 7.11. The molecule has 0 aromatic carbocycles. The summed E-state index contributed by atoms with van der Waals surface area (Å²) in [6.07, 6.45) is 1.86. The van der Waals surface area contributed by atoms with Crippen LogP contribution in [0.2, 0.25) is 0 Å². The molecule has 0 aliphatic carbocycles. The van der Waals surface area contributed by atoms with Gasteiger partial charge in [-0.15, -0.1) is 0 Å². The molecule has 0 saturated carbocycles. The van der Waals surface area contributed by atoms with Crippen molar-refractivity contribution in [3.8, 4) is 0 Å². The fourth-order valence-electron chi connectivity index (χ4n) is 1.86. The molecule has 20 heavy (non-hydrogen) atoms. The lowest BCUT2D eigenvalue weighted by atomic mass is 10.1. The Balaban J connectivity index is 2.63. The highest BCUT2D eigenvalue weighted by molar-refractivity contribution is 7.87. The summed E-state index contributed by atoms with van der Waals surface area (Å²) < 4.78 is 28.3. The molecule has 0 aliphatic rings. The van der Waals surface area contributed by atoms with Crippen LogP contribution in [0.3, 0.4) is 0 Å². The van der Waals surface area contributed by atoms with Crippen molar-refractivity contribution in [1.29, 1.82) is 0 Å². The average Bonchev–Trinajstić information content (AvgIpc) is 2.89. The van der Waals surface area contributed by atoms with E-state index < -0.39 is 10.2 Å². The molecule has 0 amide bonds. The van der Waals surface area contributed by atoms with Gasteiger partial charge in [0.15, 0.2) is 0 Å². The molecule has 116 valence electrons. The van der Waals surface area contributed by atoms with Crippen molar-refractivity contribution in [1.82, 2.24) is 13.9 Å². The van der Waals surface area contributed by atoms with Crippen molar-refractivity contribution in [3.05, 3.63) is 22.4 Å². The van der Waals surface area contributed by atoms with Crippen LogP contribution in [0.4, 0.5) is 0 Å². The van der Waals surface area contributed by atoms with E-state index in [1.807, 2.05) is 37.4 Å². The second-order valence-corrected chi connectivity index (χ2v) is 7.71. The highest BCUT2D eigenvalue weighted by atomic mass is 32.2. The summed E-state index contributed by atoms with van der Waals surface area (Å²) in [5.74, 6) is 0. The van der Waals surface area contributed by atoms with E-state index in [-0.39, 0.29) is 6.04 Å². The van der Waals surface area contributed by atoms with Crippen molar-refractivity contribution in [3.63, 3.8) is 0 Å². The molecular formula is C13H25N3O2S2. The minimum Gasteiger partial charge on any atom is -0.301 e. The lowest BCUT2D eigenvalue weighted by Crippen LogP contribution is -2.42. The van der Waals surface area contributed by atoms with Crippen molar-refractivity contribution < 1.29 is 8.42 Å². The van der Waals surface area contributed by atoms with Crippen LogP contribution in [0.1, 0.15) is 31.4 Å². The highest BCUT2D eigenvalue weighted by Gasteiger charge is 2.21. The quantitative estimate of drug-likeness (QED) is 0.756. The van der Waals surface area contributed by atoms with Gasteiger partial charge in [0.2, 0.25) is 0 Å². The van der Waals surface area contributed by atoms with Crippen LogP contribution in [0.25, 0.3) is 0 Å². The molecule has 0 radical (unpaired) electrons. The molecule has 1 heterocycles. The minimum atomic E-state index is -3.39. The molecule has 0 fully saturated rings. The number of unbranched alkanes of at least 4 members (excludes halogenated alkanes) is 1. The van der Waals surface area contributed by atoms with Crippen LogP contribution in [0.5, 0.6) is 0 Å². The molecule has 0 unspecified atom stereocenters.